The molecule has 2 rings (SSSR count). The molecule has 0 atom stereocenters. The first-order valence-corrected chi connectivity index (χ1v) is 11.6. The van der Waals surface area contributed by atoms with Crippen LogP contribution in [-0.2, 0) is 5.41 Å². The molecule has 0 radical (unpaired) electrons. The van der Waals surface area contributed by atoms with Gasteiger partial charge in [0.05, 0.1) is 5.03 Å². The summed E-state index contributed by atoms with van der Waals surface area (Å²) in [7, 11) is 2.01. The third kappa shape index (κ3) is 6.71. The average molecular weight is 409 g/mol. The summed E-state index contributed by atoms with van der Waals surface area (Å²) in [5.41, 5.74) is 2.63. The molecule has 0 aromatic heterocycles. The molecule has 0 heterocycles. The number of hydrogen-bond acceptors (Lipinski definition) is 3. The van der Waals surface area contributed by atoms with Crippen LogP contribution in [0, 0.1) is 0 Å². The fraction of sp³-hybridized carbons (Fsp3) is 0.385. The molecule has 0 aliphatic heterocycles. The second-order valence-electron chi connectivity index (χ2n) is 7.75. The van der Waals surface area contributed by atoms with E-state index in [1.165, 1.54) is 27.1 Å². The third-order valence-corrected chi connectivity index (χ3v) is 5.84. The number of thioether (sulfide) groups is 1. The molecule has 0 aliphatic carbocycles. The van der Waals surface area contributed by atoms with Gasteiger partial charge in [0.25, 0.3) is 0 Å². The van der Waals surface area contributed by atoms with Gasteiger partial charge >= 0.3 is 0 Å². The normalized spacial score (nSPS) is 12.9. The van der Waals surface area contributed by atoms with Gasteiger partial charge < -0.3 is 10.6 Å². The van der Waals surface area contributed by atoms with Crippen molar-refractivity contribution in [3.63, 3.8) is 0 Å². The van der Waals surface area contributed by atoms with Crippen LogP contribution >= 0.6 is 11.8 Å². The number of nitrogens with one attached hydrogen (secondary N) is 2. The zero-order valence-corrected chi connectivity index (χ0v) is 19.4. The second-order valence-corrected chi connectivity index (χ2v) is 9.06. The molecule has 29 heavy (non-hydrogen) atoms. The lowest BCUT2D eigenvalue weighted by Crippen LogP contribution is -2.18. The van der Waals surface area contributed by atoms with Gasteiger partial charge in [0.15, 0.2) is 0 Å². The van der Waals surface area contributed by atoms with Gasteiger partial charge in [-0.05, 0) is 52.5 Å². The maximum absolute atomic E-state index is 3.48. The predicted octanol–water partition coefficient (Wildman–Crippen LogP) is 7.26. The Bertz CT molecular complexity index is 862. The summed E-state index contributed by atoms with van der Waals surface area (Å²) >= 11 is 1.85. The Labute approximate surface area is 181 Å². The molecule has 0 spiro atoms. The third-order valence-electron chi connectivity index (χ3n) is 4.96. The van der Waals surface area contributed by atoms with Crippen LogP contribution in [0.4, 0.5) is 5.69 Å². The molecular formula is C26H36N2S. The Kier molecular flexibility index (Phi) is 9.40. The highest BCUT2D eigenvalue weighted by Crippen LogP contribution is 2.38. The van der Waals surface area contributed by atoms with Crippen molar-refractivity contribution in [2.24, 2.45) is 0 Å². The van der Waals surface area contributed by atoms with Gasteiger partial charge in [-0.3, -0.25) is 0 Å². The first-order chi connectivity index (χ1) is 14.0. The average Bonchev–Trinajstić information content (AvgIpc) is 2.73. The molecule has 2 aromatic carbocycles. The van der Waals surface area contributed by atoms with E-state index in [2.05, 4.69) is 105 Å². The van der Waals surface area contributed by atoms with E-state index in [9.17, 15) is 0 Å². The topological polar surface area (TPSA) is 24.1 Å². The summed E-state index contributed by atoms with van der Waals surface area (Å²) in [5, 5.41) is 10.7. The number of fused-ring (bicyclic) bond motifs is 1. The largest absolute Gasteiger partial charge is 0.388 e. The van der Waals surface area contributed by atoms with Crippen molar-refractivity contribution in [3.8, 4) is 0 Å². The van der Waals surface area contributed by atoms with E-state index in [1.807, 2.05) is 18.8 Å². The molecule has 2 aromatic rings. The van der Waals surface area contributed by atoms with Crippen molar-refractivity contribution in [2.75, 3.05) is 24.7 Å². The lowest BCUT2D eigenvalue weighted by molar-refractivity contribution is 0.540. The summed E-state index contributed by atoms with van der Waals surface area (Å²) in [4.78, 5) is 0. The highest BCUT2D eigenvalue weighted by Gasteiger charge is 2.24. The molecule has 0 saturated heterocycles. The van der Waals surface area contributed by atoms with Crippen molar-refractivity contribution >= 4 is 28.2 Å². The van der Waals surface area contributed by atoms with Gasteiger partial charge in [-0.1, -0.05) is 82.3 Å². The van der Waals surface area contributed by atoms with E-state index in [0.717, 1.165) is 25.1 Å². The SMILES string of the molecule is CCCN/C(=C/C=C/C=C/CC(C)(C)c1c(NC)ccc2ccccc12)SCC. The van der Waals surface area contributed by atoms with E-state index in [0.29, 0.717) is 0 Å². The van der Waals surface area contributed by atoms with Crippen molar-refractivity contribution in [1.29, 1.82) is 0 Å². The number of hydrogen-bond donors (Lipinski definition) is 2. The minimum atomic E-state index is 0.0330. The molecule has 2 nitrogen and oxygen atoms in total. The number of allylic oxidation sites excluding steroid dienone is 5. The van der Waals surface area contributed by atoms with E-state index in [-0.39, 0.29) is 5.41 Å². The van der Waals surface area contributed by atoms with E-state index < -0.39 is 0 Å². The van der Waals surface area contributed by atoms with Gasteiger partial charge in [-0.2, -0.15) is 0 Å². The molecule has 2 N–H and O–H groups in total. The van der Waals surface area contributed by atoms with Crippen LogP contribution in [0.2, 0.25) is 0 Å². The van der Waals surface area contributed by atoms with Crippen LogP contribution in [-0.4, -0.2) is 19.3 Å². The van der Waals surface area contributed by atoms with Crippen molar-refractivity contribution in [3.05, 3.63) is 77.4 Å². The summed E-state index contributed by atoms with van der Waals surface area (Å²) in [5.74, 6) is 1.08. The smallest absolute Gasteiger partial charge is 0.0681 e. The first-order valence-electron chi connectivity index (χ1n) is 10.6. The van der Waals surface area contributed by atoms with Crippen molar-refractivity contribution < 1.29 is 0 Å². The van der Waals surface area contributed by atoms with Gasteiger partial charge in [-0.25, -0.2) is 0 Å². The maximum Gasteiger partial charge on any atom is 0.0681 e. The summed E-state index contributed by atoms with van der Waals surface area (Å²) in [6.07, 6.45) is 13.0. The summed E-state index contributed by atoms with van der Waals surface area (Å²) in [6.45, 7) is 10.1. The quantitative estimate of drug-likeness (QED) is 0.383. The van der Waals surface area contributed by atoms with E-state index >= 15 is 0 Å². The van der Waals surface area contributed by atoms with E-state index in [4.69, 9.17) is 0 Å². The van der Waals surface area contributed by atoms with Gasteiger partial charge in [0.1, 0.15) is 0 Å². The maximum atomic E-state index is 3.48. The Balaban J connectivity index is 2.13. The van der Waals surface area contributed by atoms with Crippen molar-refractivity contribution in [1.82, 2.24) is 5.32 Å². The van der Waals surface area contributed by atoms with Gasteiger partial charge in [0.2, 0.25) is 0 Å². The minimum Gasteiger partial charge on any atom is -0.388 e. The standard InChI is InChI=1S/C26H36N2S/c1-6-20-28-24(29-7-2)16-10-8-9-13-19-26(3,4)25-22-15-12-11-14-21(22)17-18-23(25)27-5/h8-18,27-28H,6-7,19-20H2,1-5H3/b10-8+,13-9+,24-16-. The number of rotatable bonds is 11. The minimum absolute atomic E-state index is 0.0330. The Morgan fingerprint density at radius 3 is 2.55 bits per heavy atom. The Hall–Kier alpha value is -2.13. The molecule has 0 aliphatic rings. The molecule has 0 unspecified atom stereocenters. The predicted molar refractivity (Wildman–Crippen MR) is 134 cm³/mol. The van der Waals surface area contributed by atoms with Crippen molar-refractivity contribution in [2.45, 2.75) is 46.0 Å². The Morgan fingerprint density at radius 1 is 1.03 bits per heavy atom. The second kappa shape index (κ2) is 11.8. The highest BCUT2D eigenvalue weighted by molar-refractivity contribution is 8.02. The van der Waals surface area contributed by atoms with Crippen LogP contribution in [0.3, 0.4) is 0 Å². The molecule has 156 valence electrons. The van der Waals surface area contributed by atoms with Gasteiger partial charge in [0, 0.05) is 19.3 Å². The Morgan fingerprint density at radius 2 is 1.83 bits per heavy atom. The fourth-order valence-electron chi connectivity index (χ4n) is 3.52. The van der Waals surface area contributed by atoms with Crippen LogP contribution in [0.15, 0.2) is 71.8 Å². The fourth-order valence-corrected chi connectivity index (χ4v) is 4.21. The molecule has 0 amide bonds. The molecular weight excluding hydrogens is 372 g/mol. The molecule has 0 saturated carbocycles. The monoisotopic (exact) mass is 408 g/mol. The highest BCUT2D eigenvalue weighted by atomic mass is 32.2. The van der Waals surface area contributed by atoms with Gasteiger partial charge in [-0.15, -0.1) is 11.8 Å². The summed E-state index contributed by atoms with van der Waals surface area (Å²) in [6, 6.07) is 13.1. The van der Waals surface area contributed by atoms with Crippen LogP contribution < -0.4 is 10.6 Å². The summed E-state index contributed by atoms with van der Waals surface area (Å²) < 4.78 is 0. The van der Waals surface area contributed by atoms with Crippen LogP contribution in [0.1, 0.15) is 46.1 Å². The van der Waals surface area contributed by atoms with E-state index in [1.54, 1.807) is 0 Å². The molecule has 0 bridgehead atoms. The lowest BCUT2D eigenvalue weighted by atomic mass is 9.78. The zero-order valence-electron chi connectivity index (χ0n) is 18.6. The number of anilines is 1. The van der Waals surface area contributed by atoms with Crippen LogP contribution in [0.25, 0.3) is 10.8 Å². The molecule has 0 fully saturated rings. The molecule has 3 heteroatoms. The first kappa shape index (κ1) is 23.2. The zero-order chi connectivity index (χ0) is 21.1. The number of benzene rings is 2. The van der Waals surface area contributed by atoms with Crippen LogP contribution in [0.5, 0.6) is 0 Å². The lowest BCUT2D eigenvalue weighted by Gasteiger charge is -2.28.